The van der Waals surface area contributed by atoms with Crippen molar-refractivity contribution in [3.05, 3.63) is 24.3 Å². The molecular weight excluding hydrogens is 807 g/mol. The van der Waals surface area contributed by atoms with Gasteiger partial charge in [0.05, 0.1) is 18.8 Å². The molecule has 66 heavy (non-hydrogen) atoms. The molecule has 0 aromatic rings. The maximum atomic E-state index is 12.5. The van der Waals surface area contributed by atoms with Crippen molar-refractivity contribution in [2.24, 2.45) is 0 Å². The number of carbonyl (C=O) groups excluding carboxylic acids is 1. The number of hydrogen-bond acceptors (Lipinski definition) is 3. The molecule has 0 fully saturated rings. The van der Waals surface area contributed by atoms with E-state index in [0.717, 1.165) is 32.1 Å². The van der Waals surface area contributed by atoms with Crippen molar-refractivity contribution >= 4 is 5.91 Å². The van der Waals surface area contributed by atoms with Crippen LogP contribution in [0.15, 0.2) is 24.3 Å². The fourth-order valence-electron chi connectivity index (χ4n) is 9.81. The molecule has 2 unspecified atom stereocenters. The third-order valence-electron chi connectivity index (χ3n) is 14.5. The quantitative estimate of drug-likeness (QED) is 0.0420. The summed E-state index contributed by atoms with van der Waals surface area (Å²) in [4.78, 5) is 12.5. The van der Waals surface area contributed by atoms with Crippen LogP contribution in [0.2, 0.25) is 0 Å². The lowest BCUT2D eigenvalue weighted by Gasteiger charge is -2.22. The number of aliphatic hydroxyl groups excluding tert-OH is 2. The molecule has 0 aliphatic rings. The first-order valence-electron chi connectivity index (χ1n) is 30.5. The minimum Gasteiger partial charge on any atom is -0.394 e. The van der Waals surface area contributed by atoms with Crippen molar-refractivity contribution in [3.8, 4) is 0 Å². The van der Waals surface area contributed by atoms with Crippen LogP contribution in [0, 0.1) is 0 Å². The largest absolute Gasteiger partial charge is 0.394 e. The average molecular weight is 929 g/mol. The van der Waals surface area contributed by atoms with Gasteiger partial charge in [0, 0.05) is 6.42 Å². The predicted molar refractivity (Wildman–Crippen MR) is 295 cm³/mol. The monoisotopic (exact) mass is 928 g/mol. The van der Waals surface area contributed by atoms with E-state index in [-0.39, 0.29) is 12.5 Å². The second-order valence-corrected chi connectivity index (χ2v) is 21.1. The molecule has 0 radical (unpaired) electrons. The van der Waals surface area contributed by atoms with Gasteiger partial charge >= 0.3 is 0 Å². The molecule has 2 atom stereocenters. The highest BCUT2D eigenvalue weighted by atomic mass is 16.3. The molecule has 4 heteroatoms. The fourth-order valence-corrected chi connectivity index (χ4v) is 9.81. The molecule has 4 nitrogen and oxygen atoms in total. The molecule has 3 N–H and O–H groups in total. The number of unbranched alkanes of at least 4 members (excludes halogenated alkanes) is 46. The van der Waals surface area contributed by atoms with Crippen LogP contribution >= 0.6 is 0 Å². The van der Waals surface area contributed by atoms with Crippen LogP contribution in [0.3, 0.4) is 0 Å². The molecule has 0 aliphatic heterocycles. The summed E-state index contributed by atoms with van der Waals surface area (Å²) < 4.78 is 0. The van der Waals surface area contributed by atoms with Gasteiger partial charge < -0.3 is 15.5 Å². The third-order valence-corrected chi connectivity index (χ3v) is 14.5. The van der Waals surface area contributed by atoms with E-state index in [2.05, 4.69) is 43.5 Å². The van der Waals surface area contributed by atoms with Gasteiger partial charge in [-0.3, -0.25) is 4.79 Å². The maximum Gasteiger partial charge on any atom is 0.220 e. The van der Waals surface area contributed by atoms with Gasteiger partial charge in [-0.25, -0.2) is 0 Å². The second-order valence-electron chi connectivity index (χ2n) is 21.1. The minimum absolute atomic E-state index is 0.0304. The van der Waals surface area contributed by atoms with Crippen LogP contribution in [0.25, 0.3) is 0 Å². The molecule has 392 valence electrons. The molecule has 0 rings (SSSR count). The number of nitrogens with one attached hydrogen (secondary N) is 1. The lowest BCUT2D eigenvalue weighted by Crippen LogP contribution is -2.45. The van der Waals surface area contributed by atoms with Gasteiger partial charge in [-0.2, -0.15) is 0 Å². The Kier molecular flexibility index (Phi) is 57.2. The molecule has 0 aromatic heterocycles. The summed E-state index contributed by atoms with van der Waals surface area (Å²) in [6.45, 7) is 4.38. The zero-order chi connectivity index (χ0) is 47.7. The number of amides is 1. The summed E-state index contributed by atoms with van der Waals surface area (Å²) in [6, 6.07) is -0.539. The average Bonchev–Trinajstić information content (AvgIpc) is 3.32. The van der Waals surface area contributed by atoms with Crippen LogP contribution in [0.5, 0.6) is 0 Å². The highest BCUT2D eigenvalue weighted by Crippen LogP contribution is 2.18. The number of rotatable bonds is 57. The first kappa shape index (κ1) is 64.9. The first-order chi connectivity index (χ1) is 32.7. The lowest BCUT2D eigenvalue weighted by molar-refractivity contribution is -0.123. The van der Waals surface area contributed by atoms with Gasteiger partial charge in [-0.1, -0.05) is 321 Å². The zero-order valence-corrected chi connectivity index (χ0v) is 45.2. The van der Waals surface area contributed by atoms with Crippen molar-refractivity contribution in [1.82, 2.24) is 5.32 Å². The van der Waals surface area contributed by atoms with Gasteiger partial charge in [0.1, 0.15) is 0 Å². The Morgan fingerprint density at radius 3 is 0.909 bits per heavy atom. The van der Waals surface area contributed by atoms with E-state index in [1.807, 2.05) is 0 Å². The molecule has 0 saturated heterocycles. The third kappa shape index (κ3) is 53.8. The Balaban J connectivity index is 3.40. The summed E-state index contributed by atoms with van der Waals surface area (Å²) in [5.41, 5.74) is 0. The van der Waals surface area contributed by atoms with Crippen LogP contribution in [-0.4, -0.2) is 34.9 Å². The van der Waals surface area contributed by atoms with Crippen LogP contribution in [-0.2, 0) is 4.79 Å². The first-order valence-corrected chi connectivity index (χ1v) is 30.5. The zero-order valence-electron chi connectivity index (χ0n) is 45.2. The van der Waals surface area contributed by atoms with E-state index in [0.29, 0.717) is 12.8 Å². The highest BCUT2D eigenvalue weighted by Gasteiger charge is 2.20. The van der Waals surface area contributed by atoms with Crippen LogP contribution < -0.4 is 5.32 Å². The minimum atomic E-state index is -0.662. The molecule has 1 amide bonds. The second kappa shape index (κ2) is 58.2. The predicted octanol–water partition coefficient (Wildman–Crippen LogP) is 20.3. The highest BCUT2D eigenvalue weighted by molar-refractivity contribution is 5.76. The summed E-state index contributed by atoms with van der Waals surface area (Å²) in [7, 11) is 0. The molecule has 0 spiro atoms. The summed E-state index contributed by atoms with van der Waals surface area (Å²) >= 11 is 0. The van der Waals surface area contributed by atoms with E-state index in [1.165, 1.54) is 289 Å². The summed E-state index contributed by atoms with van der Waals surface area (Å²) in [6.07, 6.45) is 77.6. The van der Waals surface area contributed by atoms with Gasteiger partial charge in [0.25, 0.3) is 0 Å². The maximum absolute atomic E-state index is 12.5. The number of hydrogen-bond donors (Lipinski definition) is 3. The van der Waals surface area contributed by atoms with Crippen molar-refractivity contribution in [2.45, 2.75) is 360 Å². The summed E-state index contributed by atoms with van der Waals surface area (Å²) in [5.74, 6) is -0.0304. The van der Waals surface area contributed by atoms with E-state index in [4.69, 9.17) is 0 Å². The van der Waals surface area contributed by atoms with Crippen molar-refractivity contribution in [3.63, 3.8) is 0 Å². The normalized spacial score (nSPS) is 12.8. The lowest BCUT2D eigenvalue weighted by atomic mass is 10.0. The Labute approximate surface area is 415 Å². The van der Waals surface area contributed by atoms with Gasteiger partial charge in [-0.05, 0) is 44.9 Å². The molecule has 0 bridgehead atoms. The Hall–Kier alpha value is -1.13. The Morgan fingerprint density at radius 1 is 0.364 bits per heavy atom. The number of carbonyl (C=O) groups is 1. The smallest absolute Gasteiger partial charge is 0.220 e. The standard InChI is InChI=1S/C62H121NO3/c1-3-5-7-9-11-13-15-17-19-21-23-25-26-27-28-29-30-31-32-33-34-35-36-38-39-41-43-45-47-49-51-53-55-57-61(65)60(59-64)63-62(66)58-56-54-52-50-48-46-44-42-40-37-24-22-20-18-16-14-12-10-8-6-4-2/h16,18,22,24,60-61,64-65H,3-15,17,19-21,23,25-59H2,1-2H3,(H,63,66)/b18-16-,24-22-. The SMILES string of the molecule is CCCCCCC/C=C\C/C=C\CCCCCCCCCCCC(=O)NC(CO)C(O)CCCCCCCCCCCCCCCCCCCCCCCCCCCCCCCCCCC. The topological polar surface area (TPSA) is 69.6 Å². The molecule has 0 saturated carbocycles. The van der Waals surface area contributed by atoms with Crippen molar-refractivity contribution in [1.29, 1.82) is 0 Å². The number of allylic oxidation sites excluding steroid dienone is 4. The Bertz CT molecular complexity index is 963. The van der Waals surface area contributed by atoms with Crippen LogP contribution in [0.4, 0.5) is 0 Å². The summed E-state index contributed by atoms with van der Waals surface area (Å²) in [5, 5.41) is 23.4. The van der Waals surface area contributed by atoms with E-state index in [9.17, 15) is 15.0 Å². The van der Waals surface area contributed by atoms with Gasteiger partial charge in [0.15, 0.2) is 0 Å². The molecule has 0 aromatic carbocycles. The molecule has 0 aliphatic carbocycles. The van der Waals surface area contributed by atoms with Gasteiger partial charge in [0.2, 0.25) is 5.91 Å². The van der Waals surface area contributed by atoms with E-state index >= 15 is 0 Å². The Morgan fingerprint density at radius 2 is 0.621 bits per heavy atom. The van der Waals surface area contributed by atoms with Gasteiger partial charge in [-0.15, -0.1) is 0 Å². The van der Waals surface area contributed by atoms with Crippen molar-refractivity contribution < 1.29 is 15.0 Å². The van der Waals surface area contributed by atoms with E-state index < -0.39 is 12.1 Å². The number of aliphatic hydroxyl groups is 2. The van der Waals surface area contributed by atoms with E-state index in [1.54, 1.807) is 0 Å². The van der Waals surface area contributed by atoms with Crippen LogP contribution in [0.1, 0.15) is 348 Å². The molecule has 0 heterocycles. The fraction of sp³-hybridized carbons (Fsp3) is 0.919. The van der Waals surface area contributed by atoms with Crippen molar-refractivity contribution in [2.75, 3.05) is 6.61 Å². The molecular formula is C62H121NO3.